The predicted molar refractivity (Wildman–Crippen MR) is 59.4 cm³/mol. The first-order valence-electron chi connectivity index (χ1n) is 5.31. The van der Waals surface area contributed by atoms with E-state index in [-0.39, 0.29) is 6.10 Å². The van der Waals surface area contributed by atoms with Crippen molar-refractivity contribution >= 4 is 0 Å². The Morgan fingerprint density at radius 3 is 2.14 bits per heavy atom. The minimum Gasteiger partial charge on any atom is -0.391 e. The Labute approximate surface area is 86.6 Å². The van der Waals surface area contributed by atoms with E-state index in [1.165, 1.54) is 11.4 Å². The average Bonchev–Trinajstić information content (AvgIpc) is 2.34. The van der Waals surface area contributed by atoms with Crippen molar-refractivity contribution in [2.24, 2.45) is 5.92 Å². The third-order valence-corrected chi connectivity index (χ3v) is 2.55. The van der Waals surface area contributed by atoms with Crippen molar-refractivity contribution in [2.75, 3.05) is 0 Å². The molecule has 14 heavy (non-hydrogen) atoms. The van der Waals surface area contributed by atoms with Crippen LogP contribution in [0.25, 0.3) is 0 Å². The van der Waals surface area contributed by atoms with Crippen LogP contribution in [0.15, 0.2) is 12.1 Å². The van der Waals surface area contributed by atoms with Gasteiger partial charge in [-0.1, -0.05) is 13.8 Å². The summed E-state index contributed by atoms with van der Waals surface area (Å²) in [6.07, 6.45) is 0.650. The number of nitrogens with zero attached hydrogens (tertiary/aromatic N) is 1. The molecule has 0 spiro atoms. The first-order valence-corrected chi connectivity index (χ1v) is 5.31. The molecule has 0 amide bonds. The van der Waals surface area contributed by atoms with Crippen LogP contribution in [0.4, 0.5) is 0 Å². The van der Waals surface area contributed by atoms with Gasteiger partial charge < -0.3 is 9.67 Å². The molecule has 1 unspecified atom stereocenters. The van der Waals surface area contributed by atoms with Crippen LogP contribution >= 0.6 is 0 Å². The first kappa shape index (κ1) is 11.3. The Bertz CT molecular complexity index is 269. The van der Waals surface area contributed by atoms with Gasteiger partial charge in [0, 0.05) is 17.9 Å². The molecule has 0 aliphatic carbocycles. The van der Waals surface area contributed by atoms with E-state index in [1.54, 1.807) is 0 Å². The Balaban J connectivity index is 2.59. The van der Waals surface area contributed by atoms with Crippen LogP contribution in [0.5, 0.6) is 0 Å². The number of aliphatic hydroxyl groups is 1. The van der Waals surface area contributed by atoms with E-state index in [0.717, 1.165) is 13.0 Å². The highest BCUT2D eigenvalue weighted by Gasteiger charge is 2.09. The molecule has 2 nitrogen and oxygen atoms in total. The van der Waals surface area contributed by atoms with Gasteiger partial charge in [-0.15, -0.1) is 0 Å². The average molecular weight is 195 g/mol. The molecule has 1 heterocycles. The fraction of sp³-hybridized carbons (Fsp3) is 0.667. The SMILES string of the molecule is Cc1ccc(C)n1CC(O)CC(C)C. The molecule has 0 saturated heterocycles. The van der Waals surface area contributed by atoms with E-state index in [9.17, 15) is 5.11 Å². The van der Waals surface area contributed by atoms with Crippen LogP contribution in [0, 0.1) is 19.8 Å². The highest BCUT2D eigenvalue weighted by atomic mass is 16.3. The Morgan fingerprint density at radius 2 is 1.71 bits per heavy atom. The van der Waals surface area contributed by atoms with Crippen molar-refractivity contribution in [3.05, 3.63) is 23.5 Å². The second-order valence-corrected chi connectivity index (χ2v) is 4.51. The highest BCUT2D eigenvalue weighted by molar-refractivity contribution is 5.13. The number of aliphatic hydroxyl groups excluding tert-OH is 1. The summed E-state index contributed by atoms with van der Waals surface area (Å²) in [5, 5.41) is 9.82. The maximum atomic E-state index is 9.82. The van der Waals surface area contributed by atoms with E-state index in [0.29, 0.717) is 5.92 Å². The predicted octanol–water partition coefficient (Wildman–Crippen LogP) is 2.51. The molecule has 1 atom stereocenters. The van der Waals surface area contributed by atoms with Crippen LogP contribution < -0.4 is 0 Å². The van der Waals surface area contributed by atoms with Crippen molar-refractivity contribution in [1.29, 1.82) is 0 Å². The number of hydrogen-bond acceptors (Lipinski definition) is 1. The van der Waals surface area contributed by atoms with Crippen molar-refractivity contribution < 1.29 is 5.11 Å². The van der Waals surface area contributed by atoms with Crippen molar-refractivity contribution in [2.45, 2.75) is 46.8 Å². The smallest absolute Gasteiger partial charge is 0.0721 e. The van der Waals surface area contributed by atoms with Gasteiger partial charge in [0.15, 0.2) is 0 Å². The second-order valence-electron chi connectivity index (χ2n) is 4.51. The summed E-state index contributed by atoms with van der Waals surface area (Å²) in [5.41, 5.74) is 2.45. The molecule has 0 saturated carbocycles. The lowest BCUT2D eigenvalue weighted by Crippen LogP contribution is -2.19. The molecule has 1 aromatic rings. The van der Waals surface area contributed by atoms with Crippen LogP contribution in [0.2, 0.25) is 0 Å². The summed E-state index contributed by atoms with van der Waals surface area (Å²) in [6.45, 7) is 9.16. The monoisotopic (exact) mass is 195 g/mol. The molecule has 1 N–H and O–H groups in total. The minimum atomic E-state index is -0.222. The molecule has 0 radical (unpaired) electrons. The van der Waals surface area contributed by atoms with Gasteiger partial charge >= 0.3 is 0 Å². The lowest BCUT2D eigenvalue weighted by molar-refractivity contribution is 0.128. The Hall–Kier alpha value is -0.760. The van der Waals surface area contributed by atoms with E-state index in [2.05, 4.69) is 44.4 Å². The Morgan fingerprint density at radius 1 is 1.21 bits per heavy atom. The number of aromatic nitrogens is 1. The first-order chi connectivity index (χ1) is 6.50. The van der Waals surface area contributed by atoms with E-state index < -0.39 is 0 Å². The molecule has 2 heteroatoms. The molecular weight excluding hydrogens is 174 g/mol. The summed E-state index contributed by atoms with van der Waals surface area (Å²) in [7, 11) is 0. The maximum absolute atomic E-state index is 9.82. The van der Waals surface area contributed by atoms with Gasteiger partial charge in [-0.2, -0.15) is 0 Å². The lowest BCUT2D eigenvalue weighted by atomic mass is 10.1. The minimum absolute atomic E-state index is 0.222. The molecule has 1 aromatic heterocycles. The second kappa shape index (κ2) is 4.65. The third kappa shape index (κ3) is 2.88. The van der Waals surface area contributed by atoms with E-state index in [1.807, 2.05) is 0 Å². The molecule has 0 bridgehead atoms. The molecule has 0 aromatic carbocycles. The molecule has 0 fully saturated rings. The normalized spacial score (nSPS) is 13.6. The van der Waals surface area contributed by atoms with Gasteiger partial charge in [0.25, 0.3) is 0 Å². The summed E-state index contributed by atoms with van der Waals surface area (Å²) in [4.78, 5) is 0. The van der Waals surface area contributed by atoms with E-state index >= 15 is 0 Å². The fourth-order valence-electron chi connectivity index (χ4n) is 1.82. The van der Waals surface area contributed by atoms with Gasteiger partial charge in [0.05, 0.1) is 6.10 Å². The van der Waals surface area contributed by atoms with Crippen molar-refractivity contribution in [1.82, 2.24) is 4.57 Å². The zero-order valence-corrected chi connectivity index (χ0v) is 9.62. The molecular formula is C12H21NO. The van der Waals surface area contributed by atoms with Crippen molar-refractivity contribution in [3.8, 4) is 0 Å². The summed E-state index contributed by atoms with van der Waals surface area (Å²) in [6, 6.07) is 4.19. The summed E-state index contributed by atoms with van der Waals surface area (Å²) < 4.78 is 2.17. The topological polar surface area (TPSA) is 25.2 Å². The summed E-state index contributed by atoms with van der Waals surface area (Å²) in [5.74, 6) is 0.557. The molecule has 0 aliphatic rings. The zero-order chi connectivity index (χ0) is 10.7. The van der Waals surface area contributed by atoms with Crippen LogP contribution in [0.3, 0.4) is 0 Å². The van der Waals surface area contributed by atoms with Crippen LogP contribution in [0.1, 0.15) is 31.7 Å². The number of hydrogen-bond donors (Lipinski definition) is 1. The van der Waals surface area contributed by atoms with Gasteiger partial charge in [0.2, 0.25) is 0 Å². The fourth-order valence-corrected chi connectivity index (χ4v) is 1.82. The quantitative estimate of drug-likeness (QED) is 0.784. The lowest BCUT2D eigenvalue weighted by Gasteiger charge is -2.16. The molecule has 80 valence electrons. The summed E-state index contributed by atoms with van der Waals surface area (Å²) >= 11 is 0. The standard InChI is InChI=1S/C12H21NO/c1-9(2)7-12(14)8-13-10(3)5-6-11(13)4/h5-6,9,12,14H,7-8H2,1-4H3. The maximum Gasteiger partial charge on any atom is 0.0721 e. The van der Waals surface area contributed by atoms with Crippen LogP contribution in [-0.2, 0) is 6.54 Å². The van der Waals surface area contributed by atoms with E-state index in [4.69, 9.17) is 0 Å². The van der Waals surface area contributed by atoms with Gasteiger partial charge in [-0.05, 0) is 38.3 Å². The van der Waals surface area contributed by atoms with Crippen molar-refractivity contribution in [3.63, 3.8) is 0 Å². The van der Waals surface area contributed by atoms with Gasteiger partial charge in [-0.3, -0.25) is 0 Å². The number of aryl methyl sites for hydroxylation is 2. The number of rotatable bonds is 4. The largest absolute Gasteiger partial charge is 0.391 e. The third-order valence-electron chi connectivity index (χ3n) is 2.55. The zero-order valence-electron chi connectivity index (χ0n) is 9.62. The Kier molecular flexibility index (Phi) is 3.76. The van der Waals surface area contributed by atoms with Gasteiger partial charge in [-0.25, -0.2) is 0 Å². The molecule has 1 rings (SSSR count). The highest BCUT2D eigenvalue weighted by Crippen LogP contribution is 2.11. The molecule has 0 aliphatic heterocycles. The van der Waals surface area contributed by atoms with Crippen LogP contribution in [-0.4, -0.2) is 15.8 Å². The van der Waals surface area contributed by atoms with Gasteiger partial charge in [0.1, 0.15) is 0 Å².